The number of carbonyl (C=O) groups is 1. The average Bonchev–Trinajstić information content (AvgIpc) is 3.10. The van der Waals surface area contributed by atoms with E-state index in [1.807, 2.05) is 25.1 Å². The maximum atomic E-state index is 13.0. The number of nitrogens with zero attached hydrogens (tertiary/aromatic N) is 1. The Kier molecular flexibility index (Phi) is 5.89. The van der Waals surface area contributed by atoms with Gasteiger partial charge in [0.05, 0.1) is 19.7 Å². The van der Waals surface area contributed by atoms with Gasteiger partial charge < -0.3 is 10.1 Å². The van der Waals surface area contributed by atoms with Crippen LogP contribution in [0.25, 0.3) is 0 Å². The number of nitrogens with one attached hydrogen (secondary N) is 1. The van der Waals surface area contributed by atoms with Crippen molar-refractivity contribution >= 4 is 5.91 Å². The van der Waals surface area contributed by atoms with Gasteiger partial charge in [0.1, 0.15) is 11.6 Å². The molecule has 26 heavy (non-hydrogen) atoms. The van der Waals surface area contributed by atoms with Gasteiger partial charge in [-0.05, 0) is 61.7 Å². The number of rotatable bonds is 6. The van der Waals surface area contributed by atoms with Crippen LogP contribution >= 0.6 is 0 Å². The zero-order chi connectivity index (χ0) is 18.5. The van der Waals surface area contributed by atoms with Crippen molar-refractivity contribution in [2.75, 3.05) is 20.2 Å². The van der Waals surface area contributed by atoms with Gasteiger partial charge in [0.15, 0.2) is 0 Å². The monoisotopic (exact) mass is 356 g/mol. The predicted octanol–water partition coefficient (Wildman–Crippen LogP) is 3.85. The maximum absolute atomic E-state index is 13.0. The van der Waals surface area contributed by atoms with Crippen LogP contribution in [0.4, 0.5) is 4.39 Å². The second-order valence-corrected chi connectivity index (χ2v) is 6.75. The van der Waals surface area contributed by atoms with Gasteiger partial charge in [-0.3, -0.25) is 9.69 Å². The Morgan fingerprint density at radius 1 is 1.31 bits per heavy atom. The second kappa shape index (κ2) is 8.32. The average molecular weight is 356 g/mol. The van der Waals surface area contributed by atoms with E-state index < -0.39 is 0 Å². The predicted molar refractivity (Wildman–Crippen MR) is 99.5 cm³/mol. The SMILES string of the molecule is COc1cccc([C@@H]2CCCN2CC(=O)N[C@@H](C)c2ccc(F)cc2)c1. The summed E-state index contributed by atoms with van der Waals surface area (Å²) in [5.74, 6) is 0.547. The van der Waals surface area contributed by atoms with Crippen LogP contribution in [-0.4, -0.2) is 31.0 Å². The molecule has 0 aliphatic carbocycles. The van der Waals surface area contributed by atoms with Crippen molar-refractivity contribution in [1.29, 1.82) is 0 Å². The number of ether oxygens (including phenoxy) is 1. The molecule has 1 aliphatic rings. The second-order valence-electron chi connectivity index (χ2n) is 6.75. The Bertz CT molecular complexity index is 748. The van der Waals surface area contributed by atoms with E-state index in [1.165, 1.54) is 17.7 Å². The van der Waals surface area contributed by atoms with Gasteiger partial charge in [-0.2, -0.15) is 0 Å². The highest BCUT2D eigenvalue weighted by Gasteiger charge is 2.28. The van der Waals surface area contributed by atoms with Crippen molar-refractivity contribution in [3.8, 4) is 5.75 Å². The lowest BCUT2D eigenvalue weighted by molar-refractivity contribution is -0.123. The van der Waals surface area contributed by atoms with Gasteiger partial charge in [0.2, 0.25) is 5.91 Å². The summed E-state index contributed by atoms with van der Waals surface area (Å²) in [6.07, 6.45) is 2.11. The third-order valence-electron chi connectivity index (χ3n) is 4.94. The normalized spacial score (nSPS) is 18.5. The number of halogens is 1. The lowest BCUT2D eigenvalue weighted by atomic mass is 10.0. The lowest BCUT2D eigenvalue weighted by Crippen LogP contribution is -2.38. The summed E-state index contributed by atoms with van der Waals surface area (Å²) in [5, 5.41) is 3.01. The molecule has 0 saturated carbocycles. The van der Waals surface area contributed by atoms with E-state index in [0.717, 1.165) is 30.7 Å². The van der Waals surface area contributed by atoms with Crippen LogP contribution in [0.5, 0.6) is 5.75 Å². The molecule has 2 aromatic carbocycles. The fourth-order valence-electron chi connectivity index (χ4n) is 3.55. The highest BCUT2D eigenvalue weighted by molar-refractivity contribution is 5.78. The Hall–Kier alpha value is -2.40. The molecule has 1 aliphatic heterocycles. The molecule has 2 atom stereocenters. The van der Waals surface area contributed by atoms with Crippen molar-refractivity contribution in [2.24, 2.45) is 0 Å². The summed E-state index contributed by atoms with van der Waals surface area (Å²) >= 11 is 0. The molecule has 0 spiro atoms. The first-order valence-electron chi connectivity index (χ1n) is 8.99. The largest absolute Gasteiger partial charge is 0.497 e. The molecule has 0 unspecified atom stereocenters. The Morgan fingerprint density at radius 2 is 2.08 bits per heavy atom. The summed E-state index contributed by atoms with van der Waals surface area (Å²) < 4.78 is 18.4. The fourth-order valence-corrected chi connectivity index (χ4v) is 3.55. The minimum atomic E-state index is -0.273. The van der Waals surface area contributed by atoms with Gasteiger partial charge in [0.25, 0.3) is 0 Å². The van der Waals surface area contributed by atoms with E-state index in [-0.39, 0.29) is 23.8 Å². The number of carbonyl (C=O) groups excluding carboxylic acids is 1. The Balaban J connectivity index is 1.61. The molecule has 2 aromatic rings. The van der Waals surface area contributed by atoms with E-state index in [0.29, 0.717) is 6.54 Å². The molecular weight excluding hydrogens is 331 g/mol. The van der Waals surface area contributed by atoms with Crippen molar-refractivity contribution in [2.45, 2.75) is 31.8 Å². The van der Waals surface area contributed by atoms with Crippen LogP contribution in [0.3, 0.4) is 0 Å². The van der Waals surface area contributed by atoms with Crippen LogP contribution in [0.1, 0.15) is 43.0 Å². The van der Waals surface area contributed by atoms with Gasteiger partial charge in [-0.1, -0.05) is 24.3 Å². The number of benzene rings is 2. The molecule has 1 heterocycles. The van der Waals surface area contributed by atoms with Crippen LogP contribution < -0.4 is 10.1 Å². The number of amides is 1. The first-order valence-corrected chi connectivity index (χ1v) is 8.99. The zero-order valence-corrected chi connectivity index (χ0v) is 15.2. The summed E-state index contributed by atoms with van der Waals surface area (Å²) in [6, 6.07) is 14.4. The van der Waals surface area contributed by atoms with Crippen LogP contribution in [0.15, 0.2) is 48.5 Å². The van der Waals surface area contributed by atoms with Crippen molar-refractivity contribution in [1.82, 2.24) is 10.2 Å². The highest BCUT2D eigenvalue weighted by atomic mass is 19.1. The number of methoxy groups -OCH3 is 1. The van der Waals surface area contributed by atoms with E-state index in [9.17, 15) is 9.18 Å². The van der Waals surface area contributed by atoms with Crippen LogP contribution in [-0.2, 0) is 4.79 Å². The maximum Gasteiger partial charge on any atom is 0.234 e. The first kappa shape index (κ1) is 18.4. The molecule has 1 saturated heterocycles. The van der Waals surface area contributed by atoms with E-state index >= 15 is 0 Å². The van der Waals surface area contributed by atoms with E-state index in [2.05, 4.69) is 16.3 Å². The number of hydrogen-bond acceptors (Lipinski definition) is 3. The highest BCUT2D eigenvalue weighted by Crippen LogP contribution is 2.33. The number of hydrogen-bond donors (Lipinski definition) is 1. The van der Waals surface area contributed by atoms with Crippen molar-refractivity contribution in [3.63, 3.8) is 0 Å². The zero-order valence-electron chi connectivity index (χ0n) is 15.2. The fraction of sp³-hybridized carbons (Fsp3) is 0.381. The molecule has 5 heteroatoms. The third kappa shape index (κ3) is 4.41. The molecule has 3 rings (SSSR count). The first-order chi connectivity index (χ1) is 12.6. The van der Waals surface area contributed by atoms with Gasteiger partial charge in [-0.15, -0.1) is 0 Å². The molecule has 1 N–H and O–H groups in total. The minimum Gasteiger partial charge on any atom is -0.497 e. The van der Waals surface area contributed by atoms with Crippen LogP contribution in [0.2, 0.25) is 0 Å². The molecule has 138 valence electrons. The Morgan fingerprint density at radius 3 is 2.81 bits per heavy atom. The van der Waals surface area contributed by atoms with Crippen LogP contribution in [0, 0.1) is 5.82 Å². The van der Waals surface area contributed by atoms with Crippen molar-refractivity contribution in [3.05, 3.63) is 65.5 Å². The van der Waals surface area contributed by atoms with E-state index in [4.69, 9.17) is 4.74 Å². The summed E-state index contributed by atoms with van der Waals surface area (Å²) in [6.45, 7) is 3.17. The molecular formula is C21H25FN2O2. The topological polar surface area (TPSA) is 41.6 Å². The Labute approximate surface area is 154 Å². The third-order valence-corrected chi connectivity index (χ3v) is 4.94. The van der Waals surface area contributed by atoms with Gasteiger partial charge in [-0.25, -0.2) is 4.39 Å². The molecule has 1 amide bonds. The van der Waals surface area contributed by atoms with E-state index in [1.54, 1.807) is 19.2 Å². The molecule has 4 nitrogen and oxygen atoms in total. The summed E-state index contributed by atoms with van der Waals surface area (Å²) in [5.41, 5.74) is 2.08. The lowest BCUT2D eigenvalue weighted by Gasteiger charge is -2.25. The smallest absolute Gasteiger partial charge is 0.234 e. The number of likely N-dealkylation sites (tertiary alicyclic amines) is 1. The molecule has 1 fully saturated rings. The molecule has 0 bridgehead atoms. The standard InChI is InChI=1S/C21H25FN2O2/c1-15(16-8-10-18(22)11-9-16)23-21(25)14-24-12-4-7-20(24)17-5-3-6-19(13-17)26-2/h3,5-6,8-11,13,15,20H,4,7,12,14H2,1-2H3,(H,23,25)/t15-,20-/m0/s1. The summed E-state index contributed by atoms with van der Waals surface area (Å²) in [7, 11) is 1.66. The van der Waals surface area contributed by atoms with Crippen molar-refractivity contribution < 1.29 is 13.9 Å². The quantitative estimate of drug-likeness (QED) is 0.855. The summed E-state index contributed by atoms with van der Waals surface area (Å²) in [4.78, 5) is 14.7. The molecule has 0 radical (unpaired) electrons. The minimum absolute atomic E-state index is 0.0170. The van der Waals surface area contributed by atoms with Gasteiger partial charge >= 0.3 is 0 Å². The molecule has 0 aromatic heterocycles. The van der Waals surface area contributed by atoms with Gasteiger partial charge in [0, 0.05) is 6.04 Å².